The van der Waals surface area contributed by atoms with Crippen molar-refractivity contribution in [3.05, 3.63) is 83.1 Å². The van der Waals surface area contributed by atoms with Gasteiger partial charge in [-0.3, -0.25) is 5.43 Å². The summed E-state index contributed by atoms with van der Waals surface area (Å²) >= 11 is 13.0. The van der Waals surface area contributed by atoms with Crippen LogP contribution in [0, 0.1) is 0 Å². The molecule has 3 rings (SSSR count). The largest absolute Gasteiger partial charge is 0.342 e. The van der Waals surface area contributed by atoms with E-state index in [9.17, 15) is 0 Å². The van der Waals surface area contributed by atoms with Gasteiger partial charge in [0.05, 0.1) is 17.6 Å². The predicted octanol–water partition coefficient (Wildman–Crippen LogP) is 5.23. The average Bonchev–Trinajstić information content (AvgIpc) is 3.09. The van der Waals surface area contributed by atoms with Gasteiger partial charge >= 0.3 is 0 Å². The van der Waals surface area contributed by atoms with Crippen LogP contribution in [-0.2, 0) is 6.54 Å². The highest BCUT2D eigenvalue weighted by atomic mass is 35.5. The Labute approximate surface area is 173 Å². The van der Waals surface area contributed by atoms with E-state index in [2.05, 4.69) is 20.4 Å². The van der Waals surface area contributed by atoms with Gasteiger partial charge in [-0.25, -0.2) is 0 Å². The lowest BCUT2D eigenvalue weighted by Gasteiger charge is -2.10. The van der Waals surface area contributed by atoms with Gasteiger partial charge in [-0.2, -0.15) is 5.10 Å². The molecule has 4 nitrogen and oxygen atoms in total. The van der Waals surface area contributed by atoms with Crippen molar-refractivity contribution >= 4 is 52.6 Å². The van der Waals surface area contributed by atoms with Gasteiger partial charge in [-0.1, -0.05) is 35.9 Å². The number of thiocarbonyl (C=S) groups is 1. The van der Waals surface area contributed by atoms with E-state index in [1.807, 2.05) is 73.1 Å². The van der Waals surface area contributed by atoms with Crippen LogP contribution in [-0.4, -0.2) is 22.1 Å². The number of hydrogen-bond acceptors (Lipinski definition) is 3. The Kier molecular flexibility index (Phi) is 6.92. The first-order chi connectivity index (χ1) is 13.2. The highest BCUT2D eigenvalue weighted by Gasteiger charge is 2.03. The Morgan fingerprint density at radius 3 is 2.85 bits per heavy atom. The van der Waals surface area contributed by atoms with E-state index in [1.54, 1.807) is 18.0 Å². The molecule has 7 heteroatoms. The summed E-state index contributed by atoms with van der Waals surface area (Å²) < 4.78 is 2.09. The monoisotopic (exact) mass is 414 g/mol. The zero-order valence-electron chi connectivity index (χ0n) is 14.7. The molecule has 1 aromatic heterocycles. The lowest BCUT2D eigenvalue weighted by molar-refractivity contribution is 0.799. The molecule has 0 radical (unpaired) electrons. The number of aromatic nitrogens is 1. The number of halogens is 1. The first kappa shape index (κ1) is 19.5. The second-order valence-corrected chi connectivity index (χ2v) is 7.41. The number of hydrogen-bond donors (Lipinski definition) is 2. The molecular weight excluding hydrogens is 396 g/mol. The molecule has 0 aliphatic rings. The third kappa shape index (κ3) is 5.60. The van der Waals surface area contributed by atoms with E-state index in [0.29, 0.717) is 5.11 Å². The highest BCUT2D eigenvalue weighted by molar-refractivity contribution is 7.98. The molecule has 1 heterocycles. The number of nitrogens with zero attached hydrogens (tertiary/aromatic N) is 2. The van der Waals surface area contributed by atoms with Gasteiger partial charge in [-0.15, -0.1) is 11.8 Å². The topological polar surface area (TPSA) is 41.4 Å². The van der Waals surface area contributed by atoms with Crippen molar-refractivity contribution < 1.29 is 0 Å². The van der Waals surface area contributed by atoms with Crippen LogP contribution < -0.4 is 10.7 Å². The zero-order chi connectivity index (χ0) is 19.1. The van der Waals surface area contributed by atoms with E-state index in [4.69, 9.17) is 23.8 Å². The third-order valence-corrected chi connectivity index (χ3v) is 5.05. The molecule has 0 spiro atoms. The van der Waals surface area contributed by atoms with E-state index in [1.165, 1.54) is 0 Å². The number of hydrazone groups is 1. The van der Waals surface area contributed by atoms with Crippen molar-refractivity contribution in [1.29, 1.82) is 0 Å². The minimum Gasteiger partial charge on any atom is -0.342 e. The number of para-hydroxylation sites is 1. The molecule has 0 amide bonds. The van der Waals surface area contributed by atoms with Crippen molar-refractivity contribution in [3.8, 4) is 0 Å². The van der Waals surface area contributed by atoms with E-state index in [0.717, 1.165) is 33.4 Å². The van der Waals surface area contributed by atoms with Gasteiger partial charge < -0.3 is 9.88 Å². The molecule has 0 aliphatic carbocycles. The minimum absolute atomic E-state index is 0.445. The average molecular weight is 415 g/mol. The Balaban J connectivity index is 1.60. The molecule has 3 aromatic rings. The van der Waals surface area contributed by atoms with Gasteiger partial charge in [0.2, 0.25) is 0 Å². The van der Waals surface area contributed by atoms with Crippen LogP contribution in [0.25, 0.3) is 0 Å². The lowest BCUT2D eigenvalue weighted by atomic mass is 10.2. The molecule has 0 atom stereocenters. The van der Waals surface area contributed by atoms with Gasteiger partial charge in [-0.05, 0) is 60.4 Å². The van der Waals surface area contributed by atoms with E-state index >= 15 is 0 Å². The van der Waals surface area contributed by atoms with Gasteiger partial charge in [0.25, 0.3) is 0 Å². The molecule has 0 saturated carbocycles. The third-order valence-electron chi connectivity index (χ3n) is 3.82. The van der Waals surface area contributed by atoms with Crippen molar-refractivity contribution in [2.45, 2.75) is 11.4 Å². The van der Waals surface area contributed by atoms with Crippen molar-refractivity contribution in [2.24, 2.45) is 5.10 Å². The molecule has 0 bridgehead atoms. The van der Waals surface area contributed by atoms with Crippen LogP contribution in [0.4, 0.5) is 5.69 Å². The number of benzene rings is 2. The molecule has 2 N–H and O–H groups in total. The minimum atomic E-state index is 0.445. The lowest BCUT2D eigenvalue weighted by Crippen LogP contribution is -2.24. The predicted molar refractivity (Wildman–Crippen MR) is 120 cm³/mol. The Bertz CT molecular complexity index is 952. The van der Waals surface area contributed by atoms with Crippen molar-refractivity contribution in [2.75, 3.05) is 11.6 Å². The SMILES string of the molecule is CSc1ccccc1NC(=S)NN=Cc1cccn1Cc1cccc(Cl)c1. The molecule has 2 aromatic carbocycles. The number of thioether (sulfide) groups is 1. The summed E-state index contributed by atoms with van der Waals surface area (Å²) in [5, 5.41) is 8.60. The summed E-state index contributed by atoms with van der Waals surface area (Å²) in [6.45, 7) is 0.721. The van der Waals surface area contributed by atoms with Gasteiger partial charge in [0.15, 0.2) is 5.11 Å². The quantitative estimate of drug-likeness (QED) is 0.251. The van der Waals surface area contributed by atoms with Crippen molar-refractivity contribution in [3.63, 3.8) is 0 Å². The second kappa shape index (κ2) is 9.60. The van der Waals surface area contributed by atoms with E-state index in [-0.39, 0.29) is 0 Å². The highest BCUT2D eigenvalue weighted by Crippen LogP contribution is 2.24. The maximum absolute atomic E-state index is 6.06. The van der Waals surface area contributed by atoms with Crippen LogP contribution in [0.5, 0.6) is 0 Å². The fourth-order valence-electron chi connectivity index (χ4n) is 2.58. The molecule has 0 fully saturated rings. The number of rotatable bonds is 6. The maximum Gasteiger partial charge on any atom is 0.191 e. The van der Waals surface area contributed by atoms with Crippen LogP contribution in [0.2, 0.25) is 5.02 Å². The van der Waals surface area contributed by atoms with Crippen molar-refractivity contribution in [1.82, 2.24) is 9.99 Å². The molecule has 27 heavy (non-hydrogen) atoms. The molecular formula is C20H19ClN4S2. The van der Waals surface area contributed by atoms with Crippen LogP contribution in [0.3, 0.4) is 0 Å². The molecule has 0 saturated heterocycles. The Morgan fingerprint density at radius 1 is 1.19 bits per heavy atom. The maximum atomic E-state index is 6.06. The Hall–Kier alpha value is -2.28. The normalized spacial score (nSPS) is 10.9. The first-order valence-corrected chi connectivity index (χ1v) is 10.3. The molecule has 0 aliphatic heterocycles. The number of nitrogens with one attached hydrogen (secondary N) is 2. The molecule has 138 valence electrons. The summed E-state index contributed by atoms with van der Waals surface area (Å²) in [7, 11) is 0. The van der Waals surface area contributed by atoms with Gasteiger partial charge in [0.1, 0.15) is 0 Å². The summed E-state index contributed by atoms with van der Waals surface area (Å²) in [4.78, 5) is 1.13. The first-order valence-electron chi connectivity index (χ1n) is 8.28. The number of anilines is 1. The summed E-state index contributed by atoms with van der Waals surface area (Å²) in [5.74, 6) is 0. The van der Waals surface area contributed by atoms with E-state index < -0.39 is 0 Å². The van der Waals surface area contributed by atoms with Crippen LogP contribution >= 0.6 is 35.6 Å². The summed E-state index contributed by atoms with van der Waals surface area (Å²) in [5.41, 5.74) is 5.93. The summed E-state index contributed by atoms with van der Waals surface area (Å²) in [6, 6.07) is 19.8. The molecule has 0 unspecified atom stereocenters. The van der Waals surface area contributed by atoms with Gasteiger partial charge in [0, 0.05) is 22.7 Å². The standard InChI is InChI=1S/C20H19ClN4S2/c1-27-19-10-3-2-9-18(19)23-20(26)24-22-13-17-8-5-11-25(17)14-15-6-4-7-16(21)12-15/h2-13H,14H2,1H3,(H2,23,24,26). The zero-order valence-corrected chi connectivity index (χ0v) is 17.1. The summed E-state index contributed by atoms with van der Waals surface area (Å²) in [6.07, 6.45) is 5.79. The second-order valence-electron chi connectivity index (χ2n) is 5.72. The smallest absolute Gasteiger partial charge is 0.191 e. The van der Waals surface area contributed by atoms with Crippen LogP contribution in [0.15, 0.2) is 76.9 Å². The fourth-order valence-corrected chi connectivity index (χ4v) is 3.50. The Morgan fingerprint density at radius 2 is 2.04 bits per heavy atom. The fraction of sp³-hybridized carbons (Fsp3) is 0.100. The van der Waals surface area contributed by atoms with Crippen LogP contribution in [0.1, 0.15) is 11.3 Å².